The van der Waals surface area contributed by atoms with Crippen molar-refractivity contribution < 1.29 is 33.6 Å². The molecule has 1 saturated heterocycles. The van der Waals surface area contributed by atoms with Gasteiger partial charge in [-0.25, -0.2) is 0 Å². The number of nitrogens with one attached hydrogen (secondary N) is 1. The highest BCUT2D eigenvalue weighted by molar-refractivity contribution is 5.82. The van der Waals surface area contributed by atoms with Gasteiger partial charge in [0.2, 0.25) is 12.7 Å². The van der Waals surface area contributed by atoms with Crippen molar-refractivity contribution in [1.29, 1.82) is 5.26 Å². The Kier molecular flexibility index (Phi) is 6.72. The van der Waals surface area contributed by atoms with E-state index in [1.54, 1.807) is 13.8 Å². The predicted molar refractivity (Wildman–Crippen MR) is 149 cm³/mol. The maximum Gasteiger partial charge on any atom is 0.308 e. The average molecular weight is 578 g/mol. The van der Waals surface area contributed by atoms with E-state index in [2.05, 4.69) is 16.3 Å². The van der Waals surface area contributed by atoms with Gasteiger partial charge in [-0.3, -0.25) is 19.4 Å². The van der Waals surface area contributed by atoms with Gasteiger partial charge in [-0.15, -0.1) is 0 Å². The van der Waals surface area contributed by atoms with E-state index in [4.69, 9.17) is 24.7 Å². The van der Waals surface area contributed by atoms with Gasteiger partial charge in [-0.2, -0.15) is 5.26 Å². The van der Waals surface area contributed by atoms with Gasteiger partial charge in [0, 0.05) is 41.3 Å². The molecule has 4 aliphatic heterocycles. The number of carbonyl (C=O) groups is 2. The maximum absolute atomic E-state index is 13.2. The Morgan fingerprint density at radius 3 is 2.55 bits per heavy atom. The summed E-state index contributed by atoms with van der Waals surface area (Å²) in [7, 11) is 3.48. The minimum Gasteiger partial charge on any atom is -0.504 e. The molecule has 6 rings (SSSR count). The first-order valence-corrected chi connectivity index (χ1v) is 14.0. The van der Waals surface area contributed by atoms with E-state index in [0.717, 1.165) is 16.7 Å². The number of methoxy groups -OCH3 is 1. The number of nitriles is 1. The molecule has 0 radical (unpaired) electrons. The monoisotopic (exact) mass is 577 g/mol. The third-order valence-corrected chi connectivity index (χ3v) is 9.08. The number of carbonyl (C=O) groups excluding carboxylic acids is 2. The maximum atomic E-state index is 13.2. The fourth-order valence-electron chi connectivity index (χ4n) is 7.38. The van der Waals surface area contributed by atoms with Gasteiger partial charge in [-0.1, -0.05) is 6.07 Å². The highest BCUT2D eigenvalue weighted by Gasteiger charge is 2.57. The molecule has 2 aromatic carbocycles. The number of phenolic OH excluding ortho intramolecular Hbond substituents is 1. The molecule has 12 nitrogen and oxygen atoms in total. The standard InChI is InChI=1S/C30H35N5O7/c1-12-7-16-8-18-20(10-31)35-19(23(34(18)5)21(16)24(37)25(12)39-6)9-17-22(29(35)33-30(38)14(3)32)28-27(40-11-41-28)13(2)26(17)42-15(4)36/h7,14,18-20,23,29,37H,8-9,11,32H2,1-6H3,(H,33,38)/t14-,18+,19?,20-,23+,29?/m0/s1. The first-order valence-electron chi connectivity index (χ1n) is 14.0. The van der Waals surface area contributed by atoms with Crippen LogP contribution in [-0.2, 0) is 22.4 Å². The van der Waals surface area contributed by atoms with Crippen LogP contribution in [0.2, 0.25) is 0 Å². The molecule has 4 aliphatic rings. The Labute approximate surface area is 243 Å². The summed E-state index contributed by atoms with van der Waals surface area (Å²) in [5, 5.41) is 25.3. The minimum absolute atomic E-state index is 0.0421. The summed E-state index contributed by atoms with van der Waals surface area (Å²) < 4.78 is 23.2. The number of benzene rings is 2. The van der Waals surface area contributed by atoms with Crippen molar-refractivity contribution in [2.45, 2.75) is 76.9 Å². The summed E-state index contributed by atoms with van der Waals surface area (Å²) in [5.41, 5.74) is 10.3. The molecule has 0 aliphatic carbocycles. The number of fused-ring (bicyclic) bond motifs is 9. The summed E-state index contributed by atoms with van der Waals surface area (Å²) in [6, 6.07) is 1.97. The quantitative estimate of drug-likeness (QED) is 0.360. The van der Waals surface area contributed by atoms with E-state index in [0.29, 0.717) is 52.5 Å². The number of phenols is 1. The highest BCUT2D eigenvalue weighted by atomic mass is 16.7. The molecule has 2 aromatic rings. The summed E-state index contributed by atoms with van der Waals surface area (Å²) in [6.07, 6.45) is -0.0237. The number of hydrogen-bond donors (Lipinski definition) is 3. The lowest BCUT2D eigenvalue weighted by molar-refractivity contribution is -0.132. The molecule has 1 amide bonds. The fourth-order valence-corrected chi connectivity index (χ4v) is 7.38. The number of ether oxygens (including phenoxy) is 4. The molecule has 0 spiro atoms. The van der Waals surface area contributed by atoms with Crippen molar-refractivity contribution in [2.75, 3.05) is 21.0 Å². The second-order valence-electron chi connectivity index (χ2n) is 11.5. The van der Waals surface area contributed by atoms with Gasteiger partial charge in [-0.05, 0) is 51.8 Å². The Morgan fingerprint density at radius 2 is 1.90 bits per heavy atom. The zero-order valence-corrected chi connectivity index (χ0v) is 24.5. The lowest BCUT2D eigenvalue weighted by atomic mass is 9.72. The molecular weight excluding hydrogens is 542 g/mol. The van der Waals surface area contributed by atoms with Crippen LogP contribution in [0, 0.1) is 25.2 Å². The van der Waals surface area contributed by atoms with Gasteiger partial charge < -0.3 is 35.1 Å². The second kappa shape index (κ2) is 10.0. The van der Waals surface area contributed by atoms with E-state index < -0.39 is 42.2 Å². The van der Waals surface area contributed by atoms with Crippen molar-refractivity contribution in [3.05, 3.63) is 39.4 Å². The molecule has 4 heterocycles. The van der Waals surface area contributed by atoms with Crippen molar-refractivity contribution in [1.82, 2.24) is 15.1 Å². The molecule has 222 valence electrons. The zero-order chi connectivity index (χ0) is 30.2. The molecular formula is C30H35N5O7. The fraction of sp³-hybridized carbons (Fsp3) is 0.500. The number of nitrogens with two attached hydrogens (primary N) is 1. The SMILES string of the molecule is COc1c(C)cc2c(c1O)[C@H]1C3Cc4c(OC(C)=O)c(C)c5c(c4C(NC(=O)[C@H](C)N)N3[C@@H](C#N)[C@@H](C2)N1C)OCO5. The Bertz CT molecular complexity index is 1550. The van der Waals surface area contributed by atoms with E-state index in [-0.39, 0.29) is 18.6 Å². The number of piperazine rings is 1. The minimum atomic E-state index is -0.859. The lowest BCUT2D eigenvalue weighted by Gasteiger charge is -2.59. The van der Waals surface area contributed by atoms with Crippen LogP contribution in [-0.4, -0.2) is 71.9 Å². The number of nitrogens with zero attached hydrogens (tertiary/aromatic N) is 3. The van der Waals surface area contributed by atoms with Crippen LogP contribution >= 0.6 is 0 Å². The van der Waals surface area contributed by atoms with Gasteiger partial charge in [0.05, 0.1) is 25.3 Å². The van der Waals surface area contributed by atoms with Crippen LogP contribution in [0.5, 0.6) is 28.7 Å². The molecule has 4 N–H and O–H groups in total. The molecule has 0 saturated carbocycles. The van der Waals surface area contributed by atoms with Crippen molar-refractivity contribution in [3.8, 4) is 34.8 Å². The third kappa shape index (κ3) is 3.91. The number of hydrogen-bond acceptors (Lipinski definition) is 11. The third-order valence-electron chi connectivity index (χ3n) is 9.08. The van der Waals surface area contributed by atoms with Crippen molar-refractivity contribution in [3.63, 3.8) is 0 Å². The Morgan fingerprint density at radius 1 is 1.19 bits per heavy atom. The lowest BCUT2D eigenvalue weighted by Crippen LogP contribution is -2.70. The van der Waals surface area contributed by atoms with Crippen molar-refractivity contribution >= 4 is 11.9 Å². The van der Waals surface area contributed by atoms with Crippen LogP contribution in [0.4, 0.5) is 0 Å². The smallest absolute Gasteiger partial charge is 0.308 e. The predicted octanol–water partition coefficient (Wildman–Crippen LogP) is 1.86. The second-order valence-corrected chi connectivity index (χ2v) is 11.5. The Balaban J connectivity index is 1.64. The average Bonchev–Trinajstić information content (AvgIpc) is 3.42. The van der Waals surface area contributed by atoms with Gasteiger partial charge >= 0.3 is 5.97 Å². The van der Waals surface area contributed by atoms with Gasteiger partial charge in [0.15, 0.2) is 23.0 Å². The van der Waals surface area contributed by atoms with Crippen molar-refractivity contribution in [2.24, 2.45) is 5.73 Å². The number of amides is 1. The number of aryl methyl sites for hydroxylation is 1. The van der Waals surface area contributed by atoms with Crippen LogP contribution in [0.1, 0.15) is 59.4 Å². The van der Waals surface area contributed by atoms with E-state index >= 15 is 0 Å². The van der Waals surface area contributed by atoms with Crippen LogP contribution in [0.3, 0.4) is 0 Å². The molecule has 12 heteroatoms. The number of aromatic hydroxyl groups is 1. The molecule has 0 aromatic heterocycles. The summed E-state index contributed by atoms with van der Waals surface area (Å²) >= 11 is 0. The normalized spacial score (nSPS) is 26.3. The molecule has 2 unspecified atom stereocenters. The molecule has 6 atom stereocenters. The van der Waals surface area contributed by atoms with Crippen LogP contribution < -0.4 is 30.0 Å². The topological polar surface area (TPSA) is 160 Å². The van der Waals surface area contributed by atoms with Gasteiger partial charge in [0.1, 0.15) is 18.0 Å². The molecule has 1 fully saturated rings. The number of likely N-dealkylation sites (N-methyl/N-ethyl adjacent to an activating group) is 1. The Hall–Kier alpha value is -4.05. The molecule has 42 heavy (non-hydrogen) atoms. The van der Waals surface area contributed by atoms with Crippen LogP contribution in [0.25, 0.3) is 0 Å². The summed E-state index contributed by atoms with van der Waals surface area (Å²) in [4.78, 5) is 29.7. The largest absolute Gasteiger partial charge is 0.504 e. The van der Waals surface area contributed by atoms with Gasteiger partial charge in [0.25, 0.3) is 0 Å². The first kappa shape index (κ1) is 28.1. The van der Waals surface area contributed by atoms with E-state index in [1.165, 1.54) is 14.0 Å². The first-order chi connectivity index (χ1) is 20.0. The highest BCUT2D eigenvalue weighted by Crippen LogP contribution is 2.57. The van der Waals surface area contributed by atoms with E-state index in [9.17, 15) is 20.0 Å². The van der Waals surface area contributed by atoms with Crippen LogP contribution in [0.15, 0.2) is 6.07 Å². The summed E-state index contributed by atoms with van der Waals surface area (Å²) in [5.74, 6) is 0.725. The van der Waals surface area contributed by atoms with E-state index in [1.807, 2.05) is 24.9 Å². The summed E-state index contributed by atoms with van der Waals surface area (Å²) in [6.45, 7) is 6.55. The zero-order valence-electron chi connectivity index (χ0n) is 24.5. The number of rotatable bonds is 4. The molecule has 2 bridgehead atoms. The number of esters is 1.